The molecule has 0 aromatic rings. The molecule has 0 saturated carbocycles. The Labute approximate surface area is 97.3 Å². The average Bonchev–Trinajstić information content (AvgIpc) is 0.811. The van der Waals surface area contributed by atoms with Crippen molar-refractivity contribution in [2.45, 2.75) is 0 Å². The van der Waals surface area contributed by atoms with Crippen molar-refractivity contribution in [3.05, 3.63) is 0 Å². The van der Waals surface area contributed by atoms with Crippen LogP contribution in [0.1, 0.15) is 1.43 Å². The van der Waals surface area contributed by atoms with Gasteiger partial charge in [0.15, 0.2) is 0 Å². The van der Waals surface area contributed by atoms with E-state index in [0.717, 1.165) is 0 Å². The molecule has 0 aliphatic heterocycles. The van der Waals surface area contributed by atoms with Crippen LogP contribution >= 0.6 is 0 Å². The zero-order valence-electron chi connectivity index (χ0n) is 5.16. The maximum absolute atomic E-state index is 8.67. The molecule has 0 aromatic carbocycles. The molecule has 36 valence electrons. The molecule has 0 heterocycles. The molecule has 7 heteroatoms. The van der Waals surface area contributed by atoms with Gasteiger partial charge >= 0.3 is 59.1 Å². The number of hydrogen-bond donors (Lipinski definition) is 2. The van der Waals surface area contributed by atoms with Crippen LogP contribution in [0.2, 0.25) is 0 Å². The molecule has 0 radical (unpaired) electrons. The van der Waals surface area contributed by atoms with Crippen molar-refractivity contribution in [1.29, 1.82) is 0 Å². The van der Waals surface area contributed by atoms with Gasteiger partial charge in [0.25, 0.3) is 11.4 Å². The summed E-state index contributed by atoms with van der Waals surface area (Å²) in [5, 5.41) is 0. The monoisotopic (exact) mass is 162 g/mol. The Morgan fingerprint density at radius 2 is 1.29 bits per heavy atom. The fraction of sp³-hybridized carbons (Fsp3) is 0. The Hall–Kier alpha value is 2.42. The molecular formula is H4Na2O3S2. The molecule has 7 heavy (non-hydrogen) atoms. The minimum Gasteiger partial charge on any atom is -1.00 e. The van der Waals surface area contributed by atoms with Crippen molar-refractivity contribution in [3.63, 3.8) is 0 Å². The Balaban J connectivity index is -0.00000000750. The summed E-state index contributed by atoms with van der Waals surface area (Å²) in [6.07, 6.45) is 0. The molecule has 0 fully saturated rings. The summed E-state index contributed by atoms with van der Waals surface area (Å²) in [5.74, 6) is 0. The molecule has 0 amide bonds. The van der Waals surface area contributed by atoms with E-state index in [0.29, 0.717) is 0 Å². The predicted molar refractivity (Wildman–Crippen MR) is 23.3 cm³/mol. The van der Waals surface area contributed by atoms with Gasteiger partial charge in [-0.1, -0.05) is 0 Å². The van der Waals surface area contributed by atoms with Gasteiger partial charge in [-0.05, 0) is 0 Å². The minimum absolute atomic E-state index is 0. The van der Waals surface area contributed by atoms with Crippen LogP contribution in [-0.2, 0) is 24.9 Å². The zero-order chi connectivity index (χ0) is 3.58. The molecular weight excluding hydrogens is 158 g/mol. The van der Waals surface area contributed by atoms with Crippen molar-refractivity contribution < 1.29 is 73.9 Å². The van der Waals surface area contributed by atoms with Gasteiger partial charge in [-0.2, -0.15) is 4.21 Å². The van der Waals surface area contributed by atoms with Crippen molar-refractivity contribution in [3.8, 4) is 0 Å². The summed E-state index contributed by atoms with van der Waals surface area (Å²) in [6.45, 7) is 0. The summed E-state index contributed by atoms with van der Waals surface area (Å²) < 4.78 is 22.8. The first kappa shape index (κ1) is 22.7. The SMILES string of the molecule is O=S(O)O.[H-].[Na+].[Na+].[SH-]. The van der Waals surface area contributed by atoms with Crippen molar-refractivity contribution >= 4 is 24.9 Å². The van der Waals surface area contributed by atoms with Crippen LogP contribution in [0, 0.1) is 0 Å². The molecule has 0 spiro atoms. The van der Waals surface area contributed by atoms with Gasteiger partial charge < -0.3 is 14.9 Å². The van der Waals surface area contributed by atoms with Crippen molar-refractivity contribution in [2.24, 2.45) is 0 Å². The van der Waals surface area contributed by atoms with Crippen LogP contribution < -0.4 is 59.1 Å². The molecule has 0 saturated heterocycles. The Morgan fingerprint density at radius 3 is 1.29 bits per heavy atom. The third kappa shape index (κ3) is 59.3. The summed E-state index contributed by atoms with van der Waals surface area (Å²) in [6, 6.07) is 0. The summed E-state index contributed by atoms with van der Waals surface area (Å²) in [7, 11) is 0. The average molecular weight is 162 g/mol. The van der Waals surface area contributed by atoms with E-state index in [1.165, 1.54) is 0 Å². The number of hydrogen-bond acceptors (Lipinski definition) is 2. The summed E-state index contributed by atoms with van der Waals surface area (Å²) in [5.41, 5.74) is 0. The van der Waals surface area contributed by atoms with Gasteiger partial charge in [-0.3, -0.25) is 9.11 Å². The molecule has 0 bridgehead atoms. The Morgan fingerprint density at radius 1 is 1.29 bits per heavy atom. The van der Waals surface area contributed by atoms with E-state index in [1.54, 1.807) is 0 Å². The van der Waals surface area contributed by atoms with E-state index in [9.17, 15) is 0 Å². The van der Waals surface area contributed by atoms with Crippen LogP contribution in [-0.4, -0.2) is 13.3 Å². The first-order valence-electron chi connectivity index (χ1n) is 0.532. The standard InChI is InChI=1S/2Na.H2O3S.H2S.H/c;;1-4(2)3;;/h;;(H2,1,2,3);1H2;/q2*+1;;;-1/p-1. The molecule has 0 rings (SSSR count). The largest absolute Gasteiger partial charge is 1.00 e. The third-order valence-electron chi connectivity index (χ3n) is 0. The molecule has 0 unspecified atom stereocenters. The Kier molecular flexibility index (Phi) is 51.3. The maximum Gasteiger partial charge on any atom is 1.00 e. The van der Waals surface area contributed by atoms with Gasteiger partial charge in [0.2, 0.25) is 0 Å². The normalized spacial score (nSPS) is 5.00. The second-order valence-electron chi connectivity index (χ2n) is 0.231. The fourth-order valence-corrected chi connectivity index (χ4v) is 0. The number of thiol groups is 1. The van der Waals surface area contributed by atoms with E-state index in [-0.39, 0.29) is 74.0 Å². The smallest absolute Gasteiger partial charge is 1.00 e. The third-order valence-corrected chi connectivity index (χ3v) is 0. The van der Waals surface area contributed by atoms with E-state index >= 15 is 0 Å². The van der Waals surface area contributed by atoms with Crippen molar-refractivity contribution in [2.75, 3.05) is 0 Å². The maximum atomic E-state index is 8.67. The molecule has 0 aliphatic carbocycles. The van der Waals surface area contributed by atoms with Gasteiger partial charge in [0, 0.05) is 0 Å². The van der Waals surface area contributed by atoms with E-state index in [1.807, 2.05) is 0 Å². The predicted octanol–water partition coefficient (Wildman–Crippen LogP) is -6.47. The first-order chi connectivity index (χ1) is 1.73. The minimum atomic E-state index is -2.61. The van der Waals surface area contributed by atoms with Gasteiger partial charge in [-0.25, -0.2) is 0 Å². The van der Waals surface area contributed by atoms with E-state index in [2.05, 4.69) is 0 Å². The fourth-order valence-electron chi connectivity index (χ4n) is 0. The first-order valence-corrected chi connectivity index (χ1v) is 1.60. The van der Waals surface area contributed by atoms with E-state index < -0.39 is 11.4 Å². The van der Waals surface area contributed by atoms with E-state index in [4.69, 9.17) is 13.3 Å². The molecule has 0 aliphatic rings. The van der Waals surface area contributed by atoms with Crippen LogP contribution in [0.3, 0.4) is 0 Å². The van der Waals surface area contributed by atoms with Crippen molar-refractivity contribution in [1.82, 2.24) is 0 Å². The van der Waals surface area contributed by atoms with Gasteiger partial charge in [0.05, 0.1) is 0 Å². The zero-order valence-corrected chi connectivity index (χ0v) is 9.87. The van der Waals surface area contributed by atoms with Gasteiger partial charge in [-0.15, -0.1) is 0 Å². The van der Waals surface area contributed by atoms with Crippen LogP contribution in [0.4, 0.5) is 0 Å². The van der Waals surface area contributed by atoms with Gasteiger partial charge in [0.1, 0.15) is 0 Å². The second kappa shape index (κ2) is 15.8. The topological polar surface area (TPSA) is 57.5 Å². The number of rotatable bonds is 0. The van der Waals surface area contributed by atoms with Crippen LogP contribution in [0.25, 0.3) is 0 Å². The van der Waals surface area contributed by atoms with Crippen LogP contribution in [0.5, 0.6) is 0 Å². The quantitative estimate of drug-likeness (QED) is 0.161. The molecule has 0 atom stereocenters. The second-order valence-corrected chi connectivity index (χ2v) is 0.692. The summed E-state index contributed by atoms with van der Waals surface area (Å²) in [4.78, 5) is 0. The summed E-state index contributed by atoms with van der Waals surface area (Å²) >= 11 is -2.61. The molecule has 0 aromatic heterocycles. The van der Waals surface area contributed by atoms with Crippen LogP contribution in [0.15, 0.2) is 0 Å². The molecule has 3 nitrogen and oxygen atoms in total. The molecule has 2 N–H and O–H groups in total. The Bertz CT molecular complexity index is 38.3.